The number of hydrazine groups is 1. The molecule has 2 aromatic rings. The molecule has 0 amide bonds. The number of nitrogens with zero attached hydrogens (tertiary/aromatic N) is 4. The molecule has 1 fully saturated rings. The van der Waals surface area contributed by atoms with Gasteiger partial charge in [0.1, 0.15) is 11.6 Å². The van der Waals surface area contributed by atoms with Crippen molar-refractivity contribution in [2.75, 3.05) is 41.9 Å². The van der Waals surface area contributed by atoms with Crippen molar-refractivity contribution in [1.29, 1.82) is 0 Å². The number of anilines is 4. The molecule has 0 spiro atoms. The van der Waals surface area contributed by atoms with E-state index in [1.165, 1.54) is 6.07 Å². The largest absolute Gasteiger partial charge is 0.378 e. The Balaban J connectivity index is 1.88. The van der Waals surface area contributed by atoms with E-state index < -0.39 is 11.6 Å². The first-order valence-corrected chi connectivity index (χ1v) is 6.93. The van der Waals surface area contributed by atoms with E-state index in [2.05, 4.69) is 25.7 Å². The van der Waals surface area contributed by atoms with Crippen LogP contribution in [0, 0.1) is 11.6 Å². The molecule has 1 aromatic carbocycles. The van der Waals surface area contributed by atoms with E-state index in [0.717, 1.165) is 12.1 Å². The van der Waals surface area contributed by atoms with Crippen molar-refractivity contribution < 1.29 is 13.5 Å². The monoisotopic (exact) mass is 323 g/mol. The maximum absolute atomic E-state index is 13.7. The summed E-state index contributed by atoms with van der Waals surface area (Å²) in [5.74, 6) is 4.57. The number of hydrogen-bond acceptors (Lipinski definition) is 8. The lowest BCUT2D eigenvalue weighted by molar-refractivity contribution is 0.122. The number of halogens is 2. The third-order valence-electron chi connectivity index (χ3n) is 3.22. The van der Waals surface area contributed by atoms with Gasteiger partial charge in [-0.1, -0.05) is 0 Å². The molecule has 1 aromatic heterocycles. The summed E-state index contributed by atoms with van der Waals surface area (Å²) in [5.41, 5.74) is 2.39. The maximum Gasteiger partial charge on any atom is 0.243 e. The molecule has 0 saturated carbocycles. The number of ether oxygens (including phenoxy) is 1. The number of nitrogens with two attached hydrogens (primary N) is 1. The first-order chi connectivity index (χ1) is 11.2. The Labute approximate surface area is 130 Å². The van der Waals surface area contributed by atoms with Crippen LogP contribution in [0.4, 0.5) is 32.3 Å². The van der Waals surface area contributed by atoms with Gasteiger partial charge in [-0.2, -0.15) is 15.0 Å². The van der Waals surface area contributed by atoms with Gasteiger partial charge in [-0.3, -0.25) is 5.43 Å². The summed E-state index contributed by atoms with van der Waals surface area (Å²) >= 11 is 0. The third kappa shape index (κ3) is 3.60. The predicted molar refractivity (Wildman–Crippen MR) is 80.3 cm³/mol. The standard InChI is InChI=1S/C13H15F2N7O/c14-8-1-2-10(9(15)7-8)17-11-18-12(21-16)20-13(19-11)22-3-5-23-6-4-22/h1-2,7H,3-6,16H2,(H2,17,18,19,20,21). The molecular weight excluding hydrogens is 308 g/mol. The van der Waals surface area contributed by atoms with Gasteiger partial charge in [0.25, 0.3) is 0 Å². The molecule has 0 radical (unpaired) electrons. The van der Waals surface area contributed by atoms with E-state index in [1.54, 1.807) is 0 Å². The molecule has 3 rings (SSSR count). The highest BCUT2D eigenvalue weighted by atomic mass is 19.1. The molecule has 1 saturated heterocycles. The number of nitrogen functional groups attached to an aromatic ring is 1. The number of nitrogens with one attached hydrogen (secondary N) is 2. The van der Waals surface area contributed by atoms with E-state index >= 15 is 0 Å². The Kier molecular flexibility index (Phi) is 4.44. The minimum atomic E-state index is -0.749. The zero-order chi connectivity index (χ0) is 16.2. The van der Waals surface area contributed by atoms with Crippen LogP contribution in [-0.2, 0) is 4.74 Å². The van der Waals surface area contributed by atoms with E-state index in [-0.39, 0.29) is 17.6 Å². The minimum Gasteiger partial charge on any atom is -0.378 e. The summed E-state index contributed by atoms with van der Waals surface area (Å²) in [6.07, 6.45) is 0. The van der Waals surface area contributed by atoms with Crippen LogP contribution >= 0.6 is 0 Å². The summed E-state index contributed by atoms with van der Waals surface area (Å²) in [4.78, 5) is 14.3. The summed E-state index contributed by atoms with van der Waals surface area (Å²) in [6.45, 7) is 2.37. The third-order valence-corrected chi connectivity index (χ3v) is 3.22. The summed E-state index contributed by atoms with van der Waals surface area (Å²) in [7, 11) is 0. The smallest absolute Gasteiger partial charge is 0.243 e. The first-order valence-electron chi connectivity index (χ1n) is 6.93. The zero-order valence-corrected chi connectivity index (χ0v) is 12.1. The van der Waals surface area contributed by atoms with Gasteiger partial charge < -0.3 is 15.0 Å². The van der Waals surface area contributed by atoms with Crippen LogP contribution in [0.5, 0.6) is 0 Å². The number of morpholine rings is 1. The van der Waals surface area contributed by atoms with Crippen molar-refractivity contribution in [3.8, 4) is 0 Å². The Bertz CT molecular complexity index is 694. The van der Waals surface area contributed by atoms with Gasteiger partial charge in [-0.05, 0) is 12.1 Å². The summed E-state index contributed by atoms with van der Waals surface area (Å²) in [6, 6.07) is 3.17. The second kappa shape index (κ2) is 6.67. The Morgan fingerprint density at radius 3 is 2.52 bits per heavy atom. The number of rotatable bonds is 4. The molecule has 122 valence electrons. The molecule has 0 aliphatic carbocycles. The Morgan fingerprint density at radius 2 is 1.83 bits per heavy atom. The van der Waals surface area contributed by atoms with Crippen molar-refractivity contribution in [3.05, 3.63) is 29.8 Å². The Morgan fingerprint density at radius 1 is 1.09 bits per heavy atom. The lowest BCUT2D eigenvalue weighted by Crippen LogP contribution is -2.37. The molecule has 4 N–H and O–H groups in total. The van der Waals surface area contributed by atoms with Crippen molar-refractivity contribution in [2.24, 2.45) is 5.84 Å². The normalized spacial score (nSPS) is 14.7. The summed E-state index contributed by atoms with van der Waals surface area (Å²) in [5, 5.41) is 2.70. The molecule has 0 atom stereocenters. The fraction of sp³-hybridized carbons (Fsp3) is 0.308. The summed E-state index contributed by atoms with van der Waals surface area (Å²) < 4.78 is 32.0. The van der Waals surface area contributed by atoms with Gasteiger partial charge >= 0.3 is 0 Å². The van der Waals surface area contributed by atoms with Gasteiger partial charge in [0.2, 0.25) is 17.8 Å². The van der Waals surface area contributed by atoms with E-state index in [9.17, 15) is 8.78 Å². The molecule has 0 unspecified atom stereocenters. The molecule has 23 heavy (non-hydrogen) atoms. The van der Waals surface area contributed by atoms with Crippen LogP contribution < -0.4 is 21.5 Å². The average molecular weight is 323 g/mol. The highest BCUT2D eigenvalue weighted by Crippen LogP contribution is 2.21. The quantitative estimate of drug-likeness (QED) is 0.566. The van der Waals surface area contributed by atoms with Gasteiger partial charge in [0.05, 0.1) is 18.9 Å². The fourth-order valence-corrected chi connectivity index (χ4v) is 2.10. The van der Waals surface area contributed by atoms with Crippen LogP contribution in [0.2, 0.25) is 0 Å². The van der Waals surface area contributed by atoms with Crippen LogP contribution in [-0.4, -0.2) is 41.3 Å². The van der Waals surface area contributed by atoms with Crippen LogP contribution in [0.15, 0.2) is 18.2 Å². The predicted octanol–water partition coefficient (Wildman–Crippen LogP) is 1.02. The average Bonchev–Trinajstić information content (AvgIpc) is 2.58. The Hall–Kier alpha value is -2.59. The van der Waals surface area contributed by atoms with Crippen molar-refractivity contribution in [3.63, 3.8) is 0 Å². The zero-order valence-electron chi connectivity index (χ0n) is 12.1. The molecular formula is C13H15F2N7O. The molecule has 8 nitrogen and oxygen atoms in total. The second-order valence-electron chi connectivity index (χ2n) is 4.78. The van der Waals surface area contributed by atoms with Crippen LogP contribution in [0.3, 0.4) is 0 Å². The minimum absolute atomic E-state index is 0.0495. The van der Waals surface area contributed by atoms with Gasteiger partial charge in [0, 0.05) is 19.2 Å². The lowest BCUT2D eigenvalue weighted by atomic mass is 10.3. The maximum atomic E-state index is 13.7. The highest BCUT2D eigenvalue weighted by molar-refractivity contribution is 5.56. The SMILES string of the molecule is NNc1nc(Nc2ccc(F)cc2F)nc(N2CCOCC2)n1. The highest BCUT2D eigenvalue weighted by Gasteiger charge is 2.17. The van der Waals surface area contributed by atoms with Gasteiger partial charge in [-0.15, -0.1) is 0 Å². The topological polar surface area (TPSA) is 101 Å². The molecule has 10 heteroatoms. The molecule has 0 bridgehead atoms. The first kappa shape index (κ1) is 15.3. The van der Waals surface area contributed by atoms with Crippen molar-refractivity contribution >= 4 is 23.5 Å². The van der Waals surface area contributed by atoms with Crippen LogP contribution in [0.1, 0.15) is 0 Å². The molecule has 1 aliphatic heterocycles. The van der Waals surface area contributed by atoms with Gasteiger partial charge in [-0.25, -0.2) is 14.6 Å². The van der Waals surface area contributed by atoms with E-state index in [0.29, 0.717) is 32.3 Å². The second-order valence-corrected chi connectivity index (χ2v) is 4.78. The van der Waals surface area contributed by atoms with Crippen LogP contribution in [0.25, 0.3) is 0 Å². The van der Waals surface area contributed by atoms with Gasteiger partial charge in [0.15, 0.2) is 0 Å². The number of aromatic nitrogens is 3. The fourth-order valence-electron chi connectivity index (χ4n) is 2.10. The van der Waals surface area contributed by atoms with E-state index in [1.807, 2.05) is 4.90 Å². The molecule has 1 aliphatic rings. The van der Waals surface area contributed by atoms with Crippen molar-refractivity contribution in [1.82, 2.24) is 15.0 Å². The van der Waals surface area contributed by atoms with E-state index in [4.69, 9.17) is 10.6 Å². The lowest BCUT2D eigenvalue weighted by Gasteiger charge is -2.27. The number of benzene rings is 1. The number of hydrogen-bond donors (Lipinski definition) is 3. The molecule has 2 heterocycles. The van der Waals surface area contributed by atoms with Crippen molar-refractivity contribution in [2.45, 2.75) is 0 Å².